The first kappa shape index (κ1) is 7.22. The van der Waals surface area contributed by atoms with Crippen LogP contribution in [-0.4, -0.2) is 28.3 Å². The molecule has 0 aromatic rings. The first-order valence-electron chi connectivity index (χ1n) is 3.38. The third kappa shape index (κ3) is 2.06. The van der Waals surface area contributed by atoms with E-state index in [1.54, 1.807) is 0 Å². The molecule has 0 aromatic carbocycles. The molecule has 0 aromatic heterocycles. The Bertz CT molecular complexity index is 116. The molecule has 1 heterocycles. The monoisotopic (exact) mass is 147 g/mol. The van der Waals surface area contributed by atoms with Crippen LogP contribution in [-0.2, 0) is 10.8 Å². The molecule has 2 atom stereocenters. The van der Waals surface area contributed by atoms with Gasteiger partial charge in [-0.2, -0.15) is 0 Å². The van der Waals surface area contributed by atoms with Gasteiger partial charge < -0.3 is 5.32 Å². The highest BCUT2D eigenvalue weighted by Crippen LogP contribution is 2.02. The van der Waals surface area contributed by atoms with Gasteiger partial charge in [-0.15, -0.1) is 0 Å². The van der Waals surface area contributed by atoms with Crippen LogP contribution in [0.25, 0.3) is 0 Å². The molecule has 0 radical (unpaired) electrons. The van der Waals surface area contributed by atoms with E-state index in [9.17, 15) is 4.21 Å². The van der Waals surface area contributed by atoms with Crippen LogP contribution in [0.2, 0.25) is 0 Å². The van der Waals surface area contributed by atoms with Crippen molar-refractivity contribution in [2.45, 2.75) is 18.6 Å². The first-order valence-corrected chi connectivity index (χ1v) is 4.77. The van der Waals surface area contributed by atoms with E-state index in [2.05, 4.69) is 12.2 Å². The van der Waals surface area contributed by atoms with Crippen molar-refractivity contribution in [2.24, 2.45) is 0 Å². The highest BCUT2D eigenvalue weighted by Gasteiger charge is 2.12. The SMILES string of the molecule is C[C@@H]1CCNCC[S@@]1=O. The lowest BCUT2D eigenvalue weighted by Gasteiger charge is -2.03. The summed E-state index contributed by atoms with van der Waals surface area (Å²) in [6.07, 6.45) is 1.06. The molecule has 9 heavy (non-hydrogen) atoms. The van der Waals surface area contributed by atoms with E-state index in [0.717, 1.165) is 25.3 Å². The maximum atomic E-state index is 11.1. The molecule has 1 N–H and O–H groups in total. The Hall–Kier alpha value is 0.110. The van der Waals surface area contributed by atoms with Crippen LogP contribution >= 0.6 is 0 Å². The van der Waals surface area contributed by atoms with Crippen molar-refractivity contribution in [3.05, 3.63) is 0 Å². The molecule has 1 aliphatic rings. The summed E-state index contributed by atoms with van der Waals surface area (Å²) in [6, 6.07) is 0. The highest BCUT2D eigenvalue weighted by atomic mass is 32.2. The fourth-order valence-corrected chi connectivity index (χ4v) is 2.06. The van der Waals surface area contributed by atoms with Gasteiger partial charge in [0.25, 0.3) is 0 Å². The zero-order valence-corrected chi connectivity index (χ0v) is 6.54. The number of rotatable bonds is 0. The van der Waals surface area contributed by atoms with Crippen LogP contribution in [0.15, 0.2) is 0 Å². The lowest BCUT2D eigenvalue weighted by atomic mass is 10.3. The molecule has 0 amide bonds. The average Bonchev–Trinajstić information content (AvgIpc) is 1.99. The van der Waals surface area contributed by atoms with Gasteiger partial charge in [-0.1, -0.05) is 6.92 Å². The summed E-state index contributed by atoms with van der Waals surface area (Å²) in [5.74, 6) is 0.834. The molecular weight excluding hydrogens is 134 g/mol. The Kier molecular flexibility index (Phi) is 2.66. The zero-order valence-electron chi connectivity index (χ0n) is 5.72. The van der Waals surface area contributed by atoms with Crippen molar-refractivity contribution in [3.8, 4) is 0 Å². The van der Waals surface area contributed by atoms with E-state index < -0.39 is 10.8 Å². The first-order chi connectivity index (χ1) is 4.30. The number of nitrogens with one attached hydrogen (secondary N) is 1. The van der Waals surface area contributed by atoms with Gasteiger partial charge in [0.05, 0.1) is 0 Å². The summed E-state index contributed by atoms with van der Waals surface area (Å²) in [4.78, 5) is 0. The predicted octanol–water partition coefficient (Wildman–Crippen LogP) is 0.117. The normalized spacial score (nSPS) is 37.9. The Morgan fingerprint density at radius 2 is 2.33 bits per heavy atom. The average molecular weight is 147 g/mol. The van der Waals surface area contributed by atoms with E-state index in [1.165, 1.54) is 0 Å². The minimum absolute atomic E-state index is 0.403. The van der Waals surface area contributed by atoms with Gasteiger partial charge in [-0.3, -0.25) is 4.21 Å². The third-order valence-electron chi connectivity index (χ3n) is 1.66. The summed E-state index contributed by atoms with van der Waals surface area (Å²) in [6.45, 7) is 4.02. The van der Waals surface area contributed by atoms with Crippen LogP contribution in [0.3, 0.4) is 0 Å². The lowest BCUT2D eigenvalue weighted by molar-refractivity contribution is 0.667. The minimum Gasteiger partial charge on any atom is -0.316 e. The molecule has 0 aliphatic carbocycles. The topological polar surface area (TPSA) is 29.1 Å². The second-order valence-corrected chi connectivity index (χ2v) is 4.41. The van der Waals surface area contributed by atoms with Gasteiger partial charge >= 0.3 is 0 Å². The van der Waals surface area contributed by atoms with E-state index in [-0.39, 0.29) is 0 Å². The fraction of sp³-hybridized carbons (Fsp3) is 1.00. The second-order valence-electron chi connectivity index (χ2n) is 2.43. The summed E-state index contributed by atoms with van der Waals surface area (Å²) >= 11 is 0. The molecule has 1 aliphatic heterocycles. The molecule has 54 valence electrons. The molecule has 0 saturated carbocycles. The third-order valence-corrected chi connectivity index (χ3v) is 3.40. The van der Waals surface area contributed by atoms with Crippen molar-refractivity contribution in [3.63, 3.8) is 0 Å². The quantitative estimate of drug-likeness (QED) is 0.527. The van der Waals surface area contributed by atoms with E-state index in [0.29, 0.717) is 5.25 Å². The van der Waals surface area contributed by atoms with Crippen LogP contribution in [0, 0.1) is 0 Å². The van der Waals surface area contributed by atoms with Gasteiger partial charge in [-0.05, 0) is 13.0 Å². The molecule has 0 unspecified atom stereocenters. The summed E-state index contributed by atoms with van der Waals surface area (Å²) < 4.78 is 11.1. The van der Waals surface area contributed by atoms with Gasteiger partial charge in [0.15, 0.2) is 0 Å². The van der Waals surface area contributed by atoms with Crippen LogP contribution in [0.4, 0.5) is 0 Å². The lowest BCUT2D eigenvalue weighted by Crippen LogP contribution is -2.16. The van der Waals surface area contributed by atoms with Crippen LogP contribution < -0.4 is 5.32 Å². The minimum atomic E-state index is -0.565. The maximum Gasteiger partial charge on any atom is 0.0362 e. The summed E-state index contributed by atoms with van der Waals surface area (Å²) in [7, 11) is -0.565. The summed E-state index contributed by atoms with van der Waals surface area (Å²) in [5.41, 5.74) is 0. The van der Waals surface area contributed by atoms with Crippen molar-refractivity contribution in [1.82, 2.24) is 5.32 Å². The van der Waals surface area contributed by atoms with Crippen molar-refractivity contribution >= 4 is 10.8 Å². The van der Waals surface area contributed by atoms with E-state index in [4.69, 9.17) is 0 Å². The molecule has 1 fully saturated rings. The second kappa shape index (κ2) is 3.32. The standard InChI is InChI=1S/C6H13NOS/c1-6-2-3-7-4-5-9(6)8/h6-7H,2-5H2,1H3/t6-,9+/m1/s1. The molecule has 0 bridgehead atoms. The fourth-order valence-electron chi connectivity index (χ4n) is 0.936. The predicted molar refractivity (Wildman–Crippen MR) is 40.0 cm³/mol. The molecule has 1 saturated heterocycles. The summed E-state index contributed by atoms with van der Waals surface area (Å²) in [5, 5.41) is 3.62. The van der Waals surface area contributed by atoms with Gasteiger partial charge in [0.1, 0.15) is 0 Å². The van der Waals surface area contributed by atoms with Crippen molar-refractivity contribution < 1.29 is 4.21 Å². The molecule has 2 nitrogen and oxygen atoms in total. The van der Waals surface area contributed by atoms with Crippen molar-refractivity contribution in [1.29, 1.82) is 0 Å². The zero-order chi connectivity index (χ0) is 6.69. The Morgan fingerprint density at radius 1 is 1.56 bits per heavy atom. The van der Waals surface area contributed by atoms with E-state index >= 15 is 0 Å². The Morgan fingerprint density at radius 3 is 3.11 bits per heavy atom. The van der Waals surface area contributed by atoms with Crippen LogP contribution in [0.5, 0.6) is 0 Å². The molecule has 1 rings (SSSR count). The molecular formula is C6H13NOS. The smallest absolute Gasteiger partial charge is 0.0362 e. The largest absolute Gasteiger partial charge is 0.316 e. The maximum absolute atomic E-state index is 11.1. The van der Waals surface area contributed by atoms with Gasteiger partial charge in [0, 0.05) is 28.3 Å². The number of hydrogen-bond donors (Lipinski definition) is 1. The number of hydrogen-bond acceptors (Lipinski definition) is 2. The molecule has 0 spiro atoms. The van der Waals surface area contributed by atoms with Gasteiger partial charge in [-0.25, -0.2) is 0 Å². The highest BCUT2D eigenvalue weighted by molar-refractivity contribution is 7.85. The Balaban J connectivity index is 2.41. The van der Waals surface area contributed by atoms with Gasteiger partial charge in [0.2, 0.25) is 0 Å². The Labute approximate surface area is 58.5 Å². The van der Waals surface area contributed by atoms with Crippen molar-refractivity contribution in [2.75, 3.05) is 18.8 Å². The molecule has 3 heteroatoms. The van der Waals surface area contributed by atoms with E-state index in [1.807, 2.05) is 0 Å². The van der Waals surface area contributed by atoms with Crippen LogP contribution in [0.1, 0.15) is 13.3 Å².